The van der Waals surface area contributed by atoms with Gasteiger partial charge >= 0.3 is 0 Å². The number of amides is 1. The number of Topliss-reactive ketones (excluding diaryl/α,β-unsaturated/α-hetero) is 1. The molecular formula is C25H21N3O3. The van der Waals surface area contributed by atoms with Crippen LogP contribution in [0.15, 0.2) is 78.9 Å². The van der Waals surface area contributed by atoms with Gasteiger partial charge in [0.1, 0.15) is 5.75 Å². The molecule has 1 aliphatic rings. The van der Waals surface area contributed by atoms with Crippen molar-refractivity contribution < 1.29 is 14.3 Å². The molecule has 2 N–H and O–H groups in total. The molecule has 6 nitrogen and oxygen atoms in total. The van der Waals surface area contributed by atoms with E-state index in [-0.39, 0.29) is 17.6 Å². The number of anilines is 1. The van der Waals surface area contributed by atoms with Crippen LogP contribution in [-0.2, 0) is 4.79 Å². The summed E-state index contributed by atoms with van der Waals surface area (Å²) >= 11 is 0. The number of carbonyl (C=O) groups is 2. The zero-order valence-corrected chi connectivity index (χ0v) is 16.7. The molecule has 0 radical (unpaired) electrons. The summed E-state index contributed by atoms with van der Waals surface area (Å²) in [7, 11) is 0. The molecule has 4 aromatic rings. The number of H-pyrrole nitrogens is 1. The number of nitrogens with zero attached hydrogens (tertiary/aromatic N) is 1. The van der Waals surface area contributed by atoms with E-state index in [1.54, 1.807) is 24.3 Å². The lowest BCUT2D eigenvalue weighted by Gasteiger charge is -2.19. The van der Waals surface area contributed by atoms with Gasteiger partial charge in [0.05, 0.1) is 5.52 Å². The zero-order chi connectivity index (χ0) is 21.2. The van der Waals surface area contributed by atoms with Gasteiger partial charge in [0, 0.05) is 28.5 Å². The number of aromatic amines is 1. The third-order valence-electron chi connectivity index (χ3n) is 5.38. The fraction of sp³-hybridized carbons (Fsp3) is 0.160. The second-order valence-corrected chi connectivity index (χ2v) is 7.68. The van der Waals surface area contributed by atoms with Crippen molar-refractivity contribution in [2.24, 2.45) is 5.92 Å². The number of rotatable bonds is 7. The van der Waals surface area contributed by atoms with Gasteiger partial charge in [-0.1, -0.05) is 60.7 Å². The molecule has 1 aliphatic carbocycles. The van der Waals surface area contributed by atoms with Crippen LogP contribution in [-0.4, -0.2) is 21.9 Å². The van der Waals surface area contributed by atoms with Crippen LogP contribution in [0.5, 0.6) is 5.75 Å². The summed E-state index contributed by atoms with van der Waals surface area (Å²) in [6.45, 7) is 0. The van der Waals surface area contributed by atoms with Crippen molar-refractivity contribution in [3.05, 3.63) is 90.0 Å². The van der Waals surface area contributed by atoms with E-state index in [1.807, 2.05) is 54.6 Å². The largest absolute Gasteiger partial charge is 0.477 e. The highest BCUT2D eigenvalue weighted by molar-refractivity contribution is 6.02. The number of aromatic nitrogens is 2. The average Bonchev–Trinajstić information content (AvgIpc) is 3.60. The zero-order valence-electron chi connectivity index (χ0n) is 16.7. The molecule has 5 rings (SSSR count). The molecule has 3 aromatic carbocycles. The molecule has 1 amide bonds. The van der Waals surface area contributed by atoms with Crippen LogP contribution in [0.4, 0.5) is 5.82 Å². The Balaban J connectivity index is 1.43. The van der Waals surface area contributed by atoms with Crippen molar-refractivity contribution in [1.29, 1.82) is 0 Å². The topological polar surface area (TPSA) is 84.1 Å². The maximum Gasteiger partial charge on any atom is 0.228 e. The molecule has 31 heavy (non-hydrogen) atoms. The number of hydrogen-bond acceptors (Lipinski definition) is 4. The molecule has 6 heteroatoms. The van der Waals surface area contributed by atoms with Gasteiger partial charge in [-0.2, -0.15) is 5.10 Å². The first-order valence-corrected chi connectivity index (χ1v) is 10.3. The minimum Gasteiger partial charge on any atom is -0.477 e. The van der Waals surface area contributed by atoms with Crippen LogP contribution in [0.3, 0.4) is 0 Å². The lowest BCUT2D eigenvalue weighted by Crippen LogP contribution is -2.19. The van der Waals surface area contributed by atoms with E-state index in [9.17, 15) is 9.59 Å². The van der Waals surface area contributed by atoms with Crippen LogP contribution < -0.4 is 10.1 Å². The number of ketones is 1. The number of ether oxygens (including phenoxy) is 1. The minimum absolute atomic E-state index is 0.00586. The highest BCUT2D eigenvalue weighted by atomic mass is 16.5. The van der Waals surface area contributed by atoms with Crippen molar-refractivity contribution >= 4 is 28.4 Å². The van der Waals surface area contributed by atoms with Crippen molar-refractivity contribution in [2.45, 2.75) is 18.9 Å². The van der Waals surface area contributed by atoms with E-state index in [1.165, 1.54) is 0 Å². The highest BCUT2D eigenvalue weighted by Gasteiger charge is 2.30. The fourth-order valence-corrected chi connectivity index (χ4v) is 3.52. The van der Waals surface area contributed by atoms with E-state index in [0.717, 1.165) is 29.3 Å². The monoisotopic (exact) mass is 411 g/mol. The molecule has 154 valence electrons. The number of fused-ring (bicyclic) bond motifs is 1. The number of hydrogen-bond donors (Lipinski definition) is 2. The molecule has 0 saturated heterocycles. The molecule has 0 aliphatic heterocycles. The summed E-state index contributed by atoms with van der Waals surface area (Å²) in [6, 6.07) is 24.0. The summed E-state index contributed by atoms with van der Waals surface area (Å²) in [4.78, 5) is 25.3. The SMILES string of the molecule is O=C(Nc1n[nH]c2cc(OC(C(=O)c3ccccc3)c3ccccc3)ccc12)C1CC1. The molecule has 1 atom stereocenters. The average molecular weight is 411 g/mol. The number of nitrogens with one attached hydrogen (secondary N) is 2. The Morgan fingerprint density at radius 3 is 2.39 bits per heavy atom. The first kappa shape index (κ1) is 19.1. The van der Waals surface area contributed by atoms with Gasteiger partial charge in [-0.15, -0.1) is 0 Å². The van der Waals surface area contributed by atoms with Gasteiger partial charge in [0.25, 0.3) is 0 Å². The maximum absolute atomic E-state index is 13.2. The quantitative estimate of drug-likeness (QED) is 0.423. The normalized spacial score (nSPS) is 14.2. The molecule has 1 fully saturated rings. The first-order valence-electron chi connectivity index (χ1n) is 10.3. The van der Waals surface area contributed by atoms with E-state index in [4.69, 9.17) is 4.74 Å². The van der Waals surface area contributed by atoms with Gasteiger partial charge in [-0.3, -0.25) is 14.7 Å². The third-order valence-corrected chi connectivity index (χ3v) is 5.38. The van der Waals surface area contributed by atoms with Crippen LogP contribution >= 0.6 is 0 Å². The summed E-state index contributed by atoms with van der Waals surface area (Å²) < 4.78 is 6.18. The molecule has 0 spiro atoms. The van der Waals surface area contributed by atoms with Gasteiger partial charge in [-0.05, 0) is 25.0 Å². The Morgan fingerprint density at radius 2 is 1.68 bits per heavy atom. The van der Waals surface area contributed by atoms with Crippen molar-refractivity contribution in [1.82, 2.24) is 10.2 Å². The van der Waals surface area contributed by atoms with Gasteiger partial charge < -0.3 is 10.1 Å². The standard InChI is InChI=1S/C25H21N3O3/c29-22(16-7-3-1-4-8-16)23(17-9-5-2-6-10-17)31-19-13-14-20-21(15-19)27-28-24(20)26-25(30)18-11-12-18/h1-10,13-15,18,23H,11-12H2,(H2,26,27,28,30). The third kappa shape index (κ3) is 4.05. The number of carbonyl (C=O) groups excluding carboxylic acids is 2. The van der Waals surface area contributed by atoms with Crippen molar-refractivity contribution in [3.8, 4) is 5.75 Å². The molecule has 1 saturated carbocycles. The summed E-state index contributed by atoms with van der Waals surface area (Å²) in [5.41, 5.74) is 2.09. The van der Waals surface area contributed by atoms with E-state index in [2.05, 4.69) is 15.5 Å². The molecule has 1 heterocycles. The van der Waals surface area contributed by atoms with Crippen LogP contribution in [0.2, 0.25) is 0 Å². The van der Waals surface area contributed by atoms with Gasteiger partial charge in [0.2, 0.25) is 11.7 Å². The second-order valence-electron chi connectivity index (χ2n) is 7.68. The molecular weight excluding hydrogens is 390 g/mol. The maximum atomic E-state index is 13.2. The lowest BCUT2D eigenvalue weighted by molar-refractivity contribution is -0.117. The van der Waals surface area contributed by atoms with Gasteiger partial charge in [0.15, 0.2) is 11.9 Å². The van der Waals surface area contributed by atoms with Crippen molar-refractivity contribution in [3.63, 3.8) is 0 Å². The highest BCUT2D eigenvalue weighted by Crippen LogP contribution is 2.32. The van der Waals surface area contributed by atoms with E-state index in [0.29, 0.717) is 17.1 Å². The van der Waals surface area contributed by atoms with Crippen molar-refractivity contribution in [2.75, 3.05) is 5.32 Å². The summed E-state index contributed by atoms with van der Waals surface area (Å²) in [5.74, 6) is 1.04. The minimum atomic E-state index is -0.780. The Labute approximate surface area is 179 Å². The van der Waals surface area contributed by atoms with Gasteiger partial charge in [-0.25, -0.2) is 0 Å². The predicted molar refractivity (Wildman–Crippen MR) is 118 cm³/mol. The predicted octanol–water partition coefficient (Wildman–Crippen LogP) is 4.91. The molecule has 1 aromatic heterocycles. The Morgan fingerprint density at radius 1 is 0.968 bits per heavy atom. The van der Waals surface area contributed by atoms with E-state index >= 15 is 0 Å². The smallest absolute Gasteiger partial charge is 0.228 e. The molecule has 1 unspecified atom stereocenters. The first-order chi connectivity index (χ1) is 15.2. The number of benzene rings is 3. The Kier molecular flexibility index (Phi) is 4.96. The second kappa shape index (κ2) is 8.07. The van der Waals surface area contributed by atoms with Crippen LogP contribution in [0.25, 0.3) is 10.9 Å². The summed E-state index contributed by atoms with van der Waals surface area (Å²) in [5, 5.41) is 10.8. The lowest BCUT2D eigenvalue weighted by atomic mass is 10.00. The fourth-order valence-electron chi connectivity index (χ4n) is 3.52. The van der Waals surface area contributed by atoms with Crippen LogP contribution in [0, 0.1) is 5.92 Å². The van der Waals surface area contributed by atoms with Crippen LogP contribution in [0.1, 0.15) is 34.9 Å². The molecule has 0 bridgehead atoms. The summed E-state index contributed by atoms with van der Waals surface area (Å²) in [6.07, 6.45) is 1.09. The Hall–Kier alpha value is -3.93. The van der Waals surface area contributed by atoms with E-state index < -0.39 is 6.10 Å². The Bertz CT molecular complexity index is 1230.